The first-order valence-electron chi connectivity index (χ1n) is 8.19. The number of para-hydroxylation sites is 1. The number of carbonyl (C=O) groups is 1. The number of halogens is 1. The number of benzene rings is 2. The molecule has 26 heavy (non-hydrogen) atoms. The molecule has 8 heteroatoms. The number of nitrogens with one attached hydrogen (secondary N) is 2. The summed E-state index contributed by atoms with van der Waals surface area (Å²) in [7, 11) is -3.52. The normalized spacial score (nSPS) is 11.2. The van der Waals surface area contributed by atoms with E-state index in [-0.39, 0.29) is 17.4 Å². The van der Waals surface area contributed by atoms with Gasteiger partial charge in [0.25, 0.3) is 5.91 Å². The highest BCUT2D eigenvalue weighted by atomic mass is 79.9. The predicted octanol–water partition coefficient (Wildman–Crippen LogP) is 3.55. The van der Waals surface area contributed by atoms with Crippen LogP contribution in [0.3, 0.4) is 0 Å². The summed E-state index contributed by atoms with van der Waals surface area (Å²) >= 11 is 3.35. The summed E-state index contributed by atoms with van der Waals surface area (Å²) in [6.45, 7) is 2.22. The lowest BCUT2D eigenvalue weighted by Crippen LogP contribution is -2.24. The molecule has 0 aromatic heterocycles. The number of sulfonamides is 1. The highest BCUT2D eigenvalue weighted by Gasteiger charge is 2.13. The Hall–Kier alpha value is -1.90. The van der Waals surface area contributed by atoms with Crippen molar-refractivity contribution in [1.29, 1.82) is 0 Å². The van der Waals surface area contributed by atoms with E-state index < -0.39 is 10.0 Å². The Labute approximate surface area is 162 Å². The van der Waals surface area contributed by atoms with Crippen molar-refractivity contribution in [1.82, 2.24) is 4.72 Å². The Morgan fingerprint density at radius 1 is 1.12 bits per heavy atom. The van der Waals surface area contributed by atoms with Crippen LogP contribution in [0.2, 0.25) is 0 Å². The molecule has 0 aliphatic carbocycles. The molecule has 0 spiro atoms. The van der Waals surface area contributed by atoms with Gasteiger partial charge in [-0.05, 0) is 58.7 Å². The number of rotatable bonds is 9. The smallest absolute Gasteiger partial charge is 0.262 e. The van der Waals surface area contributed by atoms with Gasteiger partial charge >= 0.3 is 0 Å². The van der Waals surface area contributed by atoms with Gasteiger partial charge in [0.1, 0.15) is 5.75 Å². The molecule has 2 N–H and O–H groups in total. The molecule has 0 aliphatic rings. The molecule has 2 aromatic rings. The first kappa shape index (κ1) is 20.4. The zero-order valence-corrected chi connectivity index (χ0v) is 16.8. The van der Waals surface area contributed by atoms with E-state index in [9.17, 15) is 13.2 Å². The minimum Gasteiger partial charge on any atom is -0.484 e. The minimum atomic E-state index is -3.52. The van der Waals surface area contributed by atoms with Crippen molar-refractivity contribution in [3.8, 4) is 5.75 Å². The molecule has 0 saturated carbocycles. The van der Waals surface area contributed by atoms with Crippen LogP contribution in [0, 0.1) is 0 Å². The highest BCUT2D eigenvalue weighted by Crippen LogP contribution is 2.21. The molecule has 0 atom stereocenters. The fourth-order valence-corrected chi connectivity index (χ4v) is 3.54. The van der Waals surface area contributed by atoms with E-state index in [2.05, 4.69) is 26.0 Å². The Morgan fingerprint density at radius 2 is 1.81 bits per heavy atom. The van der Waals surface area contributed by atoms with Gasteiger partial charge < -0.3 is 10.1 Å². The summed E-state index contributed by atoms with van der Waals surface area (Å²) < 4.78 is 32.9. The predicted molar refractivity (Wildman–Crippen MR) is 105 cm³/mol. The largest absolute Gasteiger partial charge is 0.484 e. The first-order chi connectivity index (χ1) is 12.4. The van der Waals surface area contributed by atoms with Crippen LogP contribution < -0.4 is 14.8 Å². The second-order valence-electron chi connectivity index (χ2n) is 5.54. The first-order valence-corrected chi connectivity index (χ1v) is 10.5. The molecule has 0 saturated heterocycles. The van der Waals surface area contributed by atoms with Crippen LogP contribution in [0.4, 0.5) is 5.69 Å². The van der Waals surface area contributed by atoms with Gasteiger partial charge in [-0.2, -0.15) is 0 Å². The standard InChI is InChI=1S/C18H21BrN2O4S/c1-2-3-12-20-26(23,24)15-10-8-14(9-11-15)25-13-18(22)21-17-7-5-4-6-16(17)19/h4-11,20H,2-3,12-13H2,1H3,(H,21,22). The molecule has 0 unspecified atom stereocenters. The van der Waals surface area contributed by atoms with Crippen LogP contribution in [0.1, 0.15) is 19.8 Å². The third-order valence-corrected chi connectivity index (χ3v) is 5.64. The third kappa shape index (κ3) is 6.12. The molecule has 140 valence electrons. The molecule has 0 fully saturated rings. The van der Waals surface area contributed by atoms with E-state index in [1.54, 1.807) is 6.07 Å². The number of amides is 1. The van der Waals surface area contributed by atoms with Crippen molar-refractivity contribution >= 4 is 37.5 Å². The molecular weight excluding hydrogens is 420 g/mol. The van der Waals surface area contributed by atoms with Crippen LogP contribution in [0.15, 0.2) is 57.9 Å². The van der Waals surface area contributed by atoms with E-state index >= 15 is 0 Å². The fraction of sp³-hybridized carbons (Fsp3) is 0.278. The SMILES string of the molecule is CCCCNS(=O)(=O)c1ccc(OCC(=O)Nc2ccccc2Br)cc1. The van der Waals surface area contributed by atoms with Crippen molar-refractivity contribution in [2.24, 2.45) is 0 Å². The van der Waals surface area contributed by atoms with Crippen LogP contribution in [-0.2, 0) is 14.8 Å². The van der Waals surface area contributed by atoms with Crippen molar-refractivity contribution in [2.45, 2.75) is 24.7 Å². The molecule has 6 nitrogen and oxygen atoms in total. The molecule has 1 amide bonds. The Bertz CT molecular complexity index is 839. The van der Waals surface area contributed by atoms with E-state index in [1.807, 2.05) is 25.1 Å². The van der Waals surface area contributed by atoms with Gasteiger partial charge in [0, 0.05) is 11.0 Å². The zero-order chi connectivity index (χ0) is 19.0. The van der Waals surface area contributed by atoms with Crippen molar-refractivity contribution < 1.29 is 17.9 Å². The second-order valence-corrected chi connectivity index (χ2v) is 8.16. The van der Waals surface area contributed by atoms with Crippen LogP contribution in [0.25, 0.3) is 0 Å². The maximum atomic E-state index is 12.1. The van der Waals surface area contributed by atoms with Gasteiger partial charge in [0.05, 0.1) is 10.6 Å². The van der Waals surface area contributed by atoms with Crippen LogP contribution in [0.5, 0.6) is 5.75 Å². The Morgan fingerprint density at radius 3 is 2.46 bits per heavy atom. The van der Waals surface area contributed by atoms with Gasteiger partial charge in [0.15, 0.2) is 6.61 Å². The summed E-state index contributed by atoms with van der Waals surface area (Å²) in [5, 5.41) is 2.73. The molecular formula is C18H21BrN2O4S. The monoisotopic (exact) mass is 440 g/mol. The molecule has 2 rings (SSSR count). The highest BCUT2D eigenvalue weighted by molar-refractivity contribution is 9.10. The topological polar surface area (TPSA) is 84.5 Å². The lowest BCUT2D eigenvalue weighted by molar-refractivity contribution is -0.118. The van der Waals surface area contributed by atoms with Crippen LogP contribution in [-0.4, -0.2) is 27.5 Å². The second kappa shape index (κ2) is 9.70. The quantitative estimate of drug-likeness (QED) is 0.583. The summed E-state index contributed by atoms with van der Waals surface area (Å²) in [6.07, 6.45) is 1.70. The van der Waals surface area contributed by atoms with Crippen molar-refractivity contribution in [3.05, 3.63) is 53.0 Å². The maximum absolute atomic E-state index is 12.1. The number of carbonyl (C=O) groups excluding carboxylic acids is 1. The van der Waals surface area contributed by atoms with Crippen molar-refractivity contribution in [2.75, 3.05) is 18.5 Å². The van der Waals surface area contributed by atoms with E-state index in [0.29, 0.717) is 18.0 Å². The number of hydrogen-bond acceptors (Lipinski definition) is 4. The van der Waals surface area contributed by atoms with Gasteiger partial charge in [0.2, 0.25) is 10.0 Å². The molecule has 0 heterocycles. The third-order valence-electron chi connectivity index (χ3n) is 3.47. The molecule has 0 aliphatic heterocycles. The van der Waals surface area contributed by atoms with Gasteiger partial charge in [-0.15, -0.1) is 0 Å². The van der Waals surface area contributed by atoms with E-state index in [0.717, 1.165) is 17.3 Å². The average Bonchev–Trinajstić information content (AvgIpc) is 2.62. The Balaban J connectivity index is 1.89. The summed E-state index contributed by atoms with van der Waals surface area (Å²) in [5.74, 6) is 0.106. The molecule has 0 radical (unpaired) electrons. The molecule has 0 bridgehead atoms. The zero-order valence-electron chi connectivity index (χ0n) is 14.4. The van der Waals surface area contributed by atoms with E-state index in [1.165, 1.54) is 24.3 Å². The van der Waals surface area contributed by atoms with Gasteiger partial charge in [-0.3, -0.25) is 4.79 Å². The number of unbranched alkanes of at least 4 members (excludes halogenated alkanes) is 1. The summed E-state index contributed by atoms with van der Waals surface area (Å²) in [4.78, 5) is 12.1. The maximum Gasteiger partial charge on any atom is 0.262 e. The van der Waals surface area contributed by atoms with Gasteiger partial charge in [-0.1, -0.05) is 25.5 Å². The number of anilines is 1. The fourth-order valence-electron chi connectivity index (χ4n) is 2.08. The number of ether oxygens (including phenoxy) is 1. The summed E-state index contributed by atoms with van der Waals surface area (Å²) in [5.41, 5.74) is 0.653. The minimum absolute atomic E-state index is 0.165. The average molecular weight is 441 g/mol. The van der Waals surface area contributed by atoms with Crippen molar-refractivity contribution in [3.63, 3.8) is 0 Å². The lowest BCUT2D eigenvalue weighted by Gasteiger charge is -2.10. The van der Waals surface area contributed by atoms with E-state index in [4.69, 9.17) is 4.74 Å². The molecule has 2 aromatic carbocycles. The van der Waals surface area contributed by atoms with Gasteiger partial charge in [-0.25, -0.2) is 13.1 Å². The number of hydrogen-bond donors (Lipinski definition) is 2. The van der Waals surface area contributed by atoms with Crippen LogP contribution >= 0.6 is 15.9 Å². The Kier molecular flexibility index (Phi) is 7.62. The lowest BCUT2D eigenvalue weighted by atomic mass is 10.3. The summed E-state index contributed by atoms with van der Waals surface area (Å²) in [6, 6.07) is 13.2.